The van der Waals surface area contributed by atoms with Gasteiger partial charge in [0.2, 0.25) is 0 Å². The molecule has 16 heavy (non-hydrogen) atoms. The van der Waals surface area contributed by atoms with Crippen molar-refractivity contribution in [2.45, 2.75) is 39.0 Å². The fourth-order valence-electron chi connectivity index (χ4n) is 2.17. The van der Waals surface area contributed by atoms with Crippen molar-refractivity contribution in [2.75, 3.05) is 0 Å². The molecule has 0 aromatic heterocycles. The molecule has 0 aliphatic heterocycles. The van der Waals surface area contributed by atoms with Crippen molar-refractivity contribution in [3.8, 4) is 0 Å². The molecular formula is C13H20O2P+. The fourth-order valence-corrected chi connectivity index (χ4v) is 5.44. The van der Waals surface area contributed by atoms with Gasteiger partial charge < -0.3 is 5.11 Å². The molecule has 0 aliphatic rings. The summed E-state index contributed by atoms with van der Waals surface area (Å²) < 4.78 is 0. The van der Waals surface area contributed by atoms with Gasteiger partial charge in [0.05, 0.1) is 22.2 Å². The van der Waals surface area contributed by atoms with Gasteiger partial charge in [-0.2, -0.15) is 0 Å². The summed E-state index contributed by atoms with van der Waals surface area (Å²) >= 11 is 0. The van der Waals surface area contributed by atoms with Crippen molar-refractivity contribution >= 4 is 19.2 Å². The highest BCUT2D eigenvalue weighted by atomic mass is 31.1. The molecule has 0 bridgehead atoms. The van der Waals surface area contributed by atoms with Crippen molar-refractivity contribution in [3.05, 3.63) is 29.8 Å². The number of benzene rings is 1. The summed E-state index contributed by atoms with van der Waals surface area (Å²) in [6.45, 7) is 8.90. The monoisotopic (exact) mass is 239 g/mol. The Labute approximate surface area is 98.4 Å². The summed E-state index contributed by atoms with van der Waals surface area (Å²) in [6.07, 6.45) is 0. The maximum absolute atomic E-state index is 10.9. The van der Waals surface area contributed by atoms with E-state index in [0.717, 1.165) is 0 Å². The third-order valence-corrected chi connectivity index (χ3v) is 6.15. The number of rotatable bonds is 4. The van der Waals surface area contributed by atoms with Crippen molar-refractivity contribution in [3.63, 3.8) is 0 Å². The Balaban J connectivity index is 3.10. The van der Waals surface area contributed by atoms with Crippen molar-refractivity contribution in [1.82, 2.24) is 0 Å². The zero-order chi connectivity index (χ0) is 12.3. The van der Waals surface area contributed by atoms with E-state index >= 15 is 0 Å². The molecule has 1 aromatic rings. The number of carboxylic acid groups (broad SMARTS) is 1. The molecule has 1 N–H and O–H groups in total. The van der Waals surface area contributed by atoms with Crippen LogP contribution in [0.15, 0.2) is 24.3 Å². The van der Waals surface area contributed by atoms with Gasteiger partial charge in [0, 0.05) is 7.92 Å². The Morgan fingerprint density at radius 3 is 2.19 bits per heavy atom. The van der Waals surface area contributed by atoms with Crippen molar-refractivity contribution < 1.29 is 9.90 Å². The largest absolute Gasteiger partial charge is 0.478 e. The molecule has 1 aromatic carbocycles. The maximum Gasteiger partial charge on any atom is 0.335 e. The smallest absolute Gasteiger partial charge is 0.335 e. The standard InChI is InChI=1S/C13H19O2P/c1-9(2)16(10(3)4)12-7-5-6-11(8-12)13(14)15/h5-10H,1-4H3,(H,14,15)/p+1. The zero-order valence-electron chi connectivity index (χ0n) is 10.3. The van der Waals surface area contributed by atoms with E-state index in [9.17, 15) is 4.79 Å². The van der Waals surface area contributed by atoms with Gasteiger partial charge in [0.15, 0.2) is 0 Å². The summed E-state index contributed by atoms with van der Waals surface area (Å²) in [6, 6.07) is 7.43. The van der Waals surface area contributed by atoms with E-state index < -0.39 is 13.9 Å². The Hall–Kier alpha value is -0.880. The van der Waals surface area contributed by atoms with Crippen LogP contribution < -0.4 is 5.30 Å². The van der Waals surface area contributed by atoms with Crippen LogP contribution in [-0.4, -0.2) is 22.4 Å². The molecule has 0 saturated carbocycles. The summed E-state index contributed by atoms with van der Waals surface area (Å²) in [4.78, 5) is 10.9. The Morgan fingerprint density at radius 1 is 1.19 bits per heavy atom. The molecule has 88 valence electrons. The lowest BCUT2D eigenvalue weighted by Crippen LogP contribution is -2.16. The van der Waals surface area contributed by atoms with E-state index in [1.54, 1.807) is 6.07 Å². The normalized spacial score (nSPS) is 11.4. The van der Waals surface area contributed by atoms with Crippen LogP contribution in [-0.2, 0) is 0 Å². The van der Waals surface area contributed by atoms with Crippen LogP contribution in [0.25, 0.3) is 0 Å². The quantitative estimate of drug-likeness (QED) is 0.820. The second-order valence-corrected chi connectivity index (χ2v) is 8.45. The Morgan fingerprint density at radius 2 is 1.75 bits per heavy atom. The molecule has 0 radical (unpaired) electrons. The SMILES string of the molecule is CC(C)[PH+](c1cccc(C(=O)O)c1)C(C)C. The summed E-state index contributed by atoms with van der Waals surface area (Å²) in [5, 5.41) is 10.2. The molecule has 0 saturated heterocycles. The zero-order valence-corrected chi connectivity index (χ0v) is 11.3. The first-order chi connectivity index (χ1) is 7.43. The molecule has 0 unspecified atom stereocenters. The first kappa shape index (κ1) is 13.2. The van der Waals surface area contributed by atoms with E-state index in [0.29, 0.717) is 16.9 Å². The molecule has 3 heteroatoms. The highest BCUT2D eigenvalue weighted by molar-refractivity contribution is 7.66. The first-order valence-corrected chi connectivity index (χ1v) is 7.29. The highest BCUT2D eigenvalue weighted by Crippen LogP contribution is 2.44. The van der Waals surface area contributed by atoms with Crippen LogP contribution in [0.2, 0.25) is 0 Å². The molecule has 1 rings (SSSR count). The second kappa shape index (κ2) is 5.45. The van der Waals surface area contributed by atoms with Gasteiger partial charge in [-0.25, -0.2) is 4.79 Å². The predicted octanol–water partition coefficient (Wildman–Crippen LogP) is 3.04. The lowest BCUT2D eigenvalue weighted by Gasteiger charge is -2.18. The summed E-state index contributed by atoms with van der Waals surface area (Å²) in [5.41, 5.74) is 1.64. The van der Waals surface area contributed by atoms with Crippen LogP contribution in [0.5, 0.6) is 0 Å². The van der Waals surface area contributed by atoms with Crippen LogP contribution in [0.4, 0.5) is 0 Å². The minimum absolute atomic E-state index is 0.404. The number of carboxylic acids is 1. The van der Waals surface area contributed by atoms with Gasteiger partial charge in [-0.05, 0) is 45.9 Å². The maximum atomic E-state index is 10.9. The molecular weight excluding hydrogens is 219 g/mol. The molecule has 0 heterocycles. The first-order valence-electron chi connectivity index (χ1n) is 5.64. The van der Waals surface area contributed by atoms with E-state index in [2.05, 4.69) is 33.8 Å². The summed E-state index contributed by atoms with van der Waals surface area (Å²) in [7, 11) is -0.675. The molecule has 0 aliphatic carbocycles. The Kier molecular flexibility index (Phi) is 4.49. The van der Waals surface area contributed by atoms with E-state index in [-0.39, 0.29) is 0 Å². The highest BCUT2D eigenvalue weighted by Gasteiger charge is 2.27. The Bertz CT molecular complexity index is 364. The van der Waals surface area contributed by atoms with Gasteiger partial charge in [-0.15, -0.1) is 0 Å². The molecule has 0 amide bonds. The van der Waals surface area contributed by atoms with Crippen LogP contribution in [0.1, 0.15) is 38.1 Å². The average Bonchev–Trinajstić information content (AvgIpc) is 2.16. The fraction of sp³-hybridized carbons (Fsp3) is 0.462. The van der Waals surface area contributed by atoms with Gasteiger partial charge >= 0.3 is 5.97 Å². The van der Waals surface area contributed by atoms with E-state index in [1.165, 1.54) is 5.30 Å². The van der Waals surface area contributed by atoms with E-state index in [1.807, 2.05) is 12.1 Å². The molecule has 2 nitrogen and oxygen atoms in total. The third kappa shape index (κ3) is 3.05. The predicted molar refractivity (Wildman–Crippen MR) is 71.6 cm³/mol. The topological polar surface area (TPSA) is 37.3 Å². The lowest BCUT2D eigenvalue weighted by molar-refractivity contribution is 0.0697. The van der Waals surface area contributed by atoms with Crippen LogP contribution >= 0.6 is 7.92 Å². The third-order valence-electron chi connectivity index (χ3n) is 2.69. The van der Waals surface area contributed by atoms with Crippen LogP contribution in [0.3, 0.4) is 0 Å². The molecule has 0 atom stereocenters. The number of hydrogen-bond donors (Lipinski definition) is 1. The van der Waals surface area contributed by atoms with Crippen molar-refractivity contribution in [1.29, 1.82) is 0 Å². The lowest BCUT2D eigenvalue weighted by atomic mass is 10.2. The van der Waals surface area contributed by atoms with Gasteiger partial charge in [0.1, 0.15) is 0 Å². The minimum Gasteiger partial charge on any atom is -0.478 e. The van der Waals surface area contributed by atoms with Crippen LogP contribution in [0, 0.1) is 0 Å². The van der Waals surface area contributed by atoms with Gasteiger partial charge in [0.25, 0.3) is 0 Å². The minimum atomic E-state index is -0.837. The number of aromatic carboxylic acids is 1. The second-order valence-electron chi connectivity index (χ2n) is 4.65. The van der Waals surface area contributed by atoms with Gasteiger partial charge in [-0.3, -0.25) is 0 Å². The molecule has 0 fully saturated rings. The van der Waals surface area contributed by atoms with Crippen molar-refractivity contribution in [2.24, 2.45) is 0 Å². The number of hydrogen-bond acceptors (Lipinski definition) is 1. The number of carbonyl (C=O) groups is 1. The van der Waals surface area contributed by atoms with E-state index in [4.69, 9.17) is 5.11 Å². The summed E-state index contributed by atoms with van der Waals surface area (Å²) in [5.74, 6) is -0.837. The molecule has 0 spiro atoms. The average molecular weight is 239 g/mol. The van der Waals surface area contributed by atoms with Gasteiger partial charge in [-0.1, -0.05) is 6.07 Å².